The molecule has 5 heteroatoms. The quantitative estimate of drug-likeness (QED) is 0.790. The van der Waals surface area contributed by atoms with E-state index in [2.05, 4.69) is 11.9 Å². The van der Waals surface area contributed by atoms with Crippen molar-refractivity contribution in [1.82, 2.24) is 9.88 Å². The van der Waals surface area contributed by atoms with E-state index in [0.717, 1.165) is 49.8 Å². The number of hydrogen-bond donors (Lipinski definition) is 0. The van der Waals surface area contributed by atoms with Crippen LogP contribution in [0.5, 0.6) is 5.88 Å². The first kappa shape index (κ1) is 18.9. The number of methoxy groups -OCH3 is 1. The van der Waals surface area contributed by atoms with Gasteiger partial charge >= 0.3 is 0 Å². The molecular weight excluding hydrogens is 352 g/mol. The number of aromatic nitrogens is 1. The average Bonchev–Trinajstić information content (AvgIpc) is 3.13. The third-order valence-corrected chi connectivity index (χ3v) is 6.36. The zero-order chi connectivity index (χ0) is 19.6. The van der Waals surface area contributed by atoms with Crippen molar-refractivity contribution in [3.8, 4) is 5.88 Å². The van der Waals surface area contributed by atoms with Gasteiger partial charge in [-0.05, 0) is 43.4 Å². The molecule has 28 heavy (non-hydrogen) atoms. The number of pyridine rings is 1. The molecule has 0 radical (unpaired) electrons. The van der Waals surface area contributed by atoms with Crippen LogP contribution < -0.4 is 4.74 Å². The maximum atomic E-state index is 13.4. The lowest BCUT2D eigenvalue weighted by Crippen LogP contribution is -2.53. The van der Waals surface area contributed by atoms with Gasteiger partial charge in [0.25, 0.3) is 5.91 Å². The predicted octanol–water partition coefficient (Wildman–Crippen LogP) is 3.88. The minimum absolute atomic E-state index is 0.0253. The second-order valence-electron chi connectivity index (χ2n) is 7.73. The van der Waals surface area contributed by atoms with Gasteiger partial charge in [0.15, 0.2) is 0 Å². The average molecular weight is 380 g/mol. The number of fused-ring (bicyclic) bond motifs is 1. The van der Waals surface area contributed by atoms with Gasteiger partial charge in [-0.15, -0.1) is 0 Å². The summed E-state index contributed by atoms with van der Waals surface area (Å²) in [5, 5.41) is 0. The Morgan fingerprint density at radius 3 is 2.79 bits per heavy atom. The van der Waals surface area contributed by atoms with E-state index in [0.29, 0.717) is 5.88 Å². The van der Waals surface area contributed by atoms with Gasteiger partial charge in [-0.25, -0.2) is 4.98 Å². The summed E-state index contributed by atoms with van der Waals surface area (Å²) >= 11 is 0. The van der Waals surface area contributed by atoms with Crippen molar-refractivity contribution in [3.63, 3.8) is 0 Å². The van der Waals surface area contributed by atoms with Crippen LogP contribution in [-0.2, 0) is 11.2 Å². The molecule has 1 aromatic carbocycles. The van der Waals surface area contributed by atoms with E-state index < -0.39 is 0 Å². The smallest absolute Gasteiger partial charge is 0.254 e. The Balaban J connectivity index is 1.56. The van der Waals surface area contributed by atoms with Crippen LogP contribution in [0.2, 0.25) is 0 Å². The minimum atomic E-state index is -0.263. The Morgan fingerprint density at radius 2 is 2.04 bits per heavy atom. The van der Waals surface area contributed by atoms with Crippen molar-refractivity contribution < 1.29 is 14.3 Å². The topological polar surface area (TPSA) is 51.7 Å². The Labute approximate surface area is 166 Å². The van der Waals surface area contributed by atoms with Gasteiger partial charge in [0, 0.05) is 37.9 Å². The predicted molar refractivity (Wildman–Crippen MR) is 108 cm³/mol. The molecule has 1 aliphatic heterocycles. The fourth-order valence-corrected chi connectivity index (χ4v) is 4.79. The highest BCUT2D eigenvalue weighted by Gasteiger charge is 2.53. The molecule has 1 aromatic heterocycles. The van der Waals surface area contributed by atoms with E-state index in [1.807, 2.05) is 47.4 Å². The van der Waals surface area contributed by atoms with Crippen LogP contribution in [0.4, 0.5) is 0 Å². The first-order valence-electron chi connectivity index (χ1n) is 10.2. The third-order valence-electron chi connectivity index (χ3n) is 6.36. The number of carbonyl (C=O) groups excluding carboxylic acids is 1. The molecule has 3 atom stereocenters. The highest BCUT2D eigenvalue weighted by Crippen LogP contribution is 2.43. The molecule has 1 saturated heterocycles. The summed E-state index contributed by atoms with van der Waals surface area (Å²) in [6.07, 6.45) is 6.08. The number of ether oxygens (including phenoxy) is 2. The summed E-state index contributed by atoms with van der Waals surface area (Å²) in [5.41, 5.74) is 1.64. The number of benzene rings is 1. The maximum Gasteiger partial charge on any atom is 0.254 e. The van der Waals surface area contributed by atoms with Crippen LogP contribution in [0.1, 0.15) is 48.5 Å². The van der Waals surface area contributed by atoms with Crippen LogP contribution in [0.3, 0.4) is 0 Å². The number of carbonyl (C=O) groups is 1. The molecule has 1 saturated carbocycles. The number of rotatable bonds is 5. The Bertz CT molecular complexity index is 826. The summed E-state index contributed by atoms with van der Waals surface area (Å²) in [6.45, 7) is 2.82. The second-order valence-corrected chi connectivity index (χ2v) is 7.73. The lowest BCUT2D eigenvalue weighted by atomic mass is 9.79. The van der Waals surface area contributed by atoms with E-state index in [9.17, 15) is 4.79 Å². The number of amides is 1. The largest absolute Gasteiger partial charge is 0.474 e. The zero-order valence-corrected chi connectivity index (χ0v) is 16.6. The SMILES string of the molecule is CCc1ccccc1C(=O)N1CC[C@]2(OC)CC[C@@H](Oc3ccccn3)C[C@H]12. The maximum absolute atomic E-state index is 13.4. The van der Waals surface area contributed by atoms with E-state index in [4.69, 9.17) is 9.47 Å². The summed E-state index contributed by atoms with van der Waals surface area (Å²) < 4.78 is 12.1. The van der Waals surface area contributed by atoms with Gasteiger partial charge < -0.3 is 14.4 Å². The van der Waals surface area contributed by atoms with Crippen molar-refractivity contribution in [2.45, 2.75) is 56.8 Å². The van der Waals surface area contributed by atoms with Crippen LogP contribution in [0.25, 0.3) is 0 Å². The normalized spacial score (nSPS) is 26.7. The molecule has 0 bridgehead atoms. The lowest BCUT2D eigenvalue weighted by molar-refractivity contribution is -0.0788. The van der Waals surface area contributed by atoms with Crippen LogP contribution >= 0.6 is 0 Å². The molecule has 1 aliphatic carbocycles. The number of aryl methyl sites for hydroxylation is 1. The highest BCUT2D eigenvalue weighted by molar-refractivity contribution is 5.96. The summed E-state index contributed by atoms with van der Waals surface area (Å²) in [5.74, 6) is 0.754. The molecule has 4 rings (SSSR count). The van der Waals surface area contributed by atoms with E-state index in [1.165, 1.54) is 0 Å². The Hall–Kier alpha value is -2.40. The molecule has 5 nitrogen and oxygen atoms in total. The molecule has 0 N–H and O–H groups in total. The van der Waals surface area contributed by atoms with Crippen LogP contribution in [0, 0.1) is 0 Å². The Morgan fingerprint density at radius 1 is 1.21 bits per heavy atom. The van der Waals surface area contributed by atoms with Crippen molar-refractivity contribution in [3.05, 3.63) is 59.8 Å². The minimum Gasteiger partial charge on any atom is -0.474 e. The lowest BCUT2D eigenvalue weighted by Gasteiger charge is -2.43. The van der Waals surface area contributed by atoms with Crippen LogP contribution in [-0.4, -0.2) is 47.2 Å². The summed E-state index contributed by atoms with van der Waals surface area (Å²) in [7, 11) is 1.78. The van der Waals surface area contributed by atoms with Gasteiger partial charge in [-0.3, -0.25) is 4.79 Å². The zero-order valence-electron chi connectivity index (χ0n) is 16.6. The number of hydrogen-bond acceptors (Lipinski definition) is 4. The monoisotopic (exact) mass is 380 g/mol. The molecule has 2 fully saturated rings. The molecule has 0 spiro atoms. The molecule has 2 heterocycles. The van der Waals surface area contributed by atoms with Crippen molar-refractivity contribution >= 4 is 5.91 Å². The molecule has 0 unspecified atom stereocenters. The molecule has 2 aliphatic rings. The summed E-state index contributed by atoms with van der Waals surface area (Å²) in [4.78, 5) is 19.7. The van der Waals surface area contributed by atoms with E-state index >= 15 is 0 Å². The standard InChI is InChI=1S/C23H28N2O3/c1-3-17-8-4-5-9-19(17)22(26)25-15-13-23(27-2)12-11-18(16-20(23)25)28-21-10-6-7-14-24-21/h4-10,14,18,20H,3,11-13,15-16H2,1-2H3/t18-,20+,23-/m1/s1. The number of nitrogens with zero attached hydrogens (tertiary/aromatic N) is 2. The van der Waals surface area contributed by atoms with Crippen LogP contribution in [0.15, 0.2) is 48.7 Å². The fourth-order valence-electron chi connectivity index (χ4n) is 4.79. The molecule has 148 valence electrons. The first-order valence-corrected chi connectivity index (χ1v) is 10.2. The van der Waals surface area contributed by atoms with Crippen molar-refractivity contribution in [2.24, 2.45) is 0 Å². The molecule has 2 aromatic rings. The highest BCUT2D eigenvalue weighted by atomic mass is 16.5. The third kappa shape index (κ3) is 3.39. The first-order chi connectivity index (χ1) is 13.7. The van der Waals surface area contributed by atoms with Gasteiger partial charge in [-0.1, -0.05) is 31.2 Å². The Kier molecular flexibility index (Phi) is 5.36. The molecule has 1 amide bonds. The fraction of sp³-hybridized carbons (Fsp3) is 0.478. The summed E-state index contributed by atoms with van der Waals surface area (Å²) in [6, 6.07) is 13.6. The van der Waals surface area contributed by atoms with Gasteiger partial charge in [0.1, 0.15) is 6.10 Å². The van der Waals surface area contributed by atoms with E-state index in [1.54, 1.807) is 13.3 Å². The van der Waals surface area contributed by atoms with E-state index in [-0.39, 0.29) is 23.7 Å². The molecular formula is C23H28N2O3. The van der Waals surface area contributed by atoms with Crippen molar-refractivity contribution in [1.29, 1.82) is 0 Å². The van der Waals surface area contributed by atoms with Gasteiger partial charge in [0.2, 0.25) is 5.88 Å². The second kappa shape index (κ2) is 7.92. The van der Waals surface area contributed by atoms with Gasteiger partial charge in [0.05, 0.1) is 11.6 Å². The van der Waals surface area contributed by atoms with Gasteiger partial charge in [-0.2, -0.15) is 0 Å². The van der Waals surface area contributed by atoms with Crippen molar-refractivity contribution in [2.75, 3.05) is 13.7 Å². The number of likely N-dealkylation sites (tertiary alicyclic amines) is 1.